The molecule has 0 atom stereocenters. The van der Waals surface area contributed by atoms with Gasteiger partial charge in [-0.1, -0.05) is 30.3 Å². The van der Waals surface area contributed by atoms with E-state index in [-0.39, 0.29) is 30.0 Å². The molecule has 0 spiro atoms. The van der Waals surface area contributed by atoms with Crippen molar-refractivity contribution in [1.29, 1.82) is 5.26 Å². The Kier molecular flexibility index (Phi) is 4.46. The predicted octanol–water partition coefficient (Wildman–Crippen LogP) is 2.31. The van der Waals surface area contributed by atoms with Gasteiger partial charge in [-0.3, -0.25) is 9.89 Å². The van der Waals surface area contributed by atoms with Crippen LogP contribution >= 0.6 is 0 Å². The molecular weight excluding hydrogens is 414 g/mol. The maximum Gasteiger partial charge on any atom is 0.276 e. The van der Waals surface area contributed by atoms with E-state index < -0.39 is 10.0 Å². The Morgan fingerprint density at radius 3 is 2.52 bits per heavy atom. The normalized spacial score (nSPS) is 14.3. The van der Waals surface area contributed by atoms with Gasteiger partial charge in [0.05, 0.1) is 34.5 Å². The highest BCUT2D eigenvalue weighted by Gasteiger charge is 2.31. The van der Waals surface area contributed by atoms with Crippen LogP contribution in [0, 0.1) is 11.3 Å². The first kappa shape index (κ1) is 19.2. The number of hydrogen-bond acceptors (Lipinski definition) is 5. The summed E-state index contributed by atoms with van der Waals surface area (Å²) in [6, 6.07) is 19.2. The number of nitrogens with zero attached hydrogens (tertiary/aromatic N) is 4. The lowest BCUT2D eigenvalue weighted by atomic mass is 10.1. The summed E-state index contributed by atoms with van der Waals surface area (Å²) in [5, 5.41) is 12.0. The van der Waals surface area contributed by atoms with Gasteiger partial charge >= 0.3 is 0 Å². The molecule has 31 heavy (non-hydrogen) atoms. The molecule has 2 aromatic carbocycles. The number of aromatic nitrogens is 3. The third kappa shape index (κ3) is 3.22. The molecule has 0 saturated heterocycles. The number of hydrogen-bond donors (Lipinski definition) is 1. The molecule has 0 amide bonds. The summed E-state index contributed by atoms with van der Waals surface area (Å²) in [4.78, 5) is 17.7. The minimum absolute atomic E-state index is 0.0231. The Labute approximate surface area is 178 Å². The van der Waals surface area contributed by atoms with Crippen LogP contribution in [-0.2, 0) is 23.0 Å². The van der Waals surface area contributed by atoms with E-state index in [0.717, 1.165) is 11.3 Å². The maximum absolute atomic E-state index is 13.1. The van der Waals surface area contributed by atoms with E-state index in [9.17, 15) is 13.2 Å². The molecule has 0 unspecified atom stereocenters. The number of nitriles is 1. The van der Waals surface area contributed by atoms with Crippen molar-refractivity contribution in [2.24, 2.45) is 0 Å². The standard InChI is InChI=1S/C22H17N5O3S/c23-13-15-6-8-17(9-7-15)31(29,30)26-11-10-18-20(14-26)24-21-12-19(25-27(21)22(18)28)16-4-2-1-3-5-16/h1-9,12,25H,10-11,14H2. The fourth-order valence-corrected chi connectivity index (χ4v) is 5.19. The molecule has 3 heterocycles. The van der Waals surface area contributed by atoms with Crippen LogP contribution in [0.25, 0.3) is 16.9 Å². The van der Waals surface area contributed by atoms with Crippen molar-refractivity contribution >= 4 is 15.7 Å². The molecular formula is C22H17N5O3S. The molecule has 4 aromatic rings. The van der Waals surface area contributed by atoms with Crippen molar-refractivity contribution in [3.63, 3.8) is 0 Å². The summed E-state index contributed by atoms with van der Waals surface area (Å²) in [6.07, 6.45) is 0.277. The molecule has 5 rings (SSSR count). The van der Waals surface area contributed by atoms with Crippen molar-refractivity contribution in [1.82, 2.24) is 18.9 Å². The zero-order valence-corrected chi connectivity index (χ0v) is 17.1. The highest BCUT2D eigenvalue weighted by Crippen LogP contribution is 2.24. The van der Waals surface area contributed by atoms with Crippen molar-refractivity contribution in [3.05, 3.63) is 87.8 Å². The molecule has 0 aliphatic carbocycles. The lowest BCUT2D eigenvalue weighted by molar-refractivity contribution is 0.383. The van der Waals surface area contributed by atoms with E-state index in [4.69, 9.17) is 5.26 Å². The number of aromatic amines is 1. The van der Waals surface area contributed by atoms with Crippen LogP contribution in [0.2, 0.25) is 0 Å². The smallest absolute Gasteiger partial charge is 0.276 e. The van der Waals surface area contributed by atoms with Crippen LogP contribution in [0.15, 0.2) is 70.4 Å². The topological polar surface area (TPSA) is 111 Å². The van der Waals surface area contributed by atoms with Crippen LogP contribution in [0.1, 0.15) is 16.8 Å². The molecule has 0 radical (unpaired) electrons. The fourth-order valence-electron chi connectivity index (χ4n) is 3.79. The van der Waals surface area contributed by atoms with Crippen LogP contribution in [0.3, 0.4) is 0 Å². The van der Waals surface area contributed by atoms with Gasteiger partial charge in [-0.2, -0.15) is 9.57 Å². The molecule has 0 bridgehead atoms. The van der Waals surface area contributed by atoms with E-state index in [0.29, 0.717) is 22.5 Å². The second-order valence-corrected chi connectivity index (χ2v) is 9.23. The molecule has 1 aliphatic heterocycles. The Morgan fingerprint density at radius 2 is 1.81 bits per heavy atom. The van der Waals surface area contributed by atoms with Gasteiger partial charge in [-0.25, -0.2) is 17.9 Å². The average Bonchev–Trinajstić information content (AvgIpc) is 3.24. The molecule has 154 valence electrons. The highest BCUT2D eigenvalue weighted by molar-refractivity contribution is 7.89. The second-order valence-electron chi connectivity index (χ2n) is 7.30. The number of rotatable bonds is 3. The van der Waals surface area contributed by atoms with Crippen LogP contribution in [0.5, 0.6) is 0 Å². The van der Waals surface area contributed by atoms with Gasteiger partial charge in [0.25, 0.3) is 5.56 Å². The van der Waals surface area contributed by atoms with E-state index in [1.807, 2.05) is 36.4 Å². The van der Waals surface area contributed by atoms with E-state index in [2.05, 4.69) is 10.1 Å². The molecule has 0 saturated carbocycles. The van der Waals surface area contributed by atoms with Gasteiger partial charge in [0.2, 0.25) is 10.0 Å². The van der Waals surface area contributed by atoms with Crippen LogP contribution in [-0.4, -0.2) is 33.9 Å². The maximum atomic E-state index is 13.1. The number of fused-ring (bicyclic) bond motifs is 2. The Balaban J connectivity index is 1.52. The average molecular weight is 431 g/mol. The SMILES string of the molecule is N#Cc1ccc(S(=O)(=O)N2CCc3c(nc4cc(-c5ccccc5)[nH]n4c3=O)C2)cc1. The molecule has 9 heteroatoms. The molecule has 2 aromatic heterocycles. The van der Waals surface area contributed by atoms with Crippen molar-refractivity contribution in [2.75, 3.05) is 6.54 Å². The number of benzene rings is 2. The van der Waals surface area contributed by atoms with Gasteiger partial charge in [-0.15, -0.1) is 0 Å². The Morgan fingerprint density at radius 1 is 1.06 bits per heavy atom. The van der Waals surface area contributed by atoms with E-state index >= 15 is 0 Å². The summed E-state index contributed by atoms with van der Waals surface area (Å²) >= 11 is 0. The van der Waals surface area contributed by atoms with Gasteiger partial charge in [0.1, 0.15) is 0 Å². The quantitative estimate of drug-likeness (QED) is 0.535. The first-order valence-corrected chi connectivity index (χ1v) is 11.1. The zero-order chi connectivity index (χ0) is 21.6. The summed E-state index contributed by atoms with van der Waals surface area (Å²) in [7, 11) is -3.77. The van der Waals surface area contributed by atoms with Crippen molar-refractivity contribution in [3.8, 4) is 17.3 Å². The first-order chi connectivity index (χ1) is 15.0. The highest BCUT2D eigenvalue weighted by atomic mass is 32.2. The van der Waals surface area contributed by atoms with E-state index in [1.165, 1.54) is 33.1 Å². The van der Waals surface area contributed by atoms with Gasteiger partial charge in [-0.05, 0) is 36.2 Å². The Hall–Kier alpha value is -3.74. The largest absolute Gasteiger partial charge is 0.289 e. The monoisotopic (exact) mass is 431 g/mol. The lowest BCUT2D eigenvalue weighted by Crippen LogP contribution is -2.39. The second kappa shape index (κ2) is 7.19. The number of nitrogens with one attached hydrogen (secondary N) is 1. The fraction of sp³-hybridized carbons (Fsp3) is 0.136. The van der Waals surface area contributed by atoms with Gasteiger partial charge in [0.15, 0.2) is 5.65 Å². The lowest BCUT2D eigenvalue weighted by Gasteiger charge is -2.27. The van der Waals surface area contributed by atoms with Gasteiger partial charge < -0.3 is 0 Å². The summed E-state index contributed by atoms with van der Waals surface area (Å²) < 4.78 is 28.9. The Bertz CT molecular complexity index is 1500. The summed E-state index contributed by atoms with van der Waals surface area (Å²) in [6.45, 7) is 0.208. The van der Waals surface area contributed by atoms with E-state index in [1.54, 1.807) is 6.07 Å². The zero-order valence-electron chi connectivity index (χ0n) is 16.3. The van der Waals surface area contributed by atoms with Crippen molar-refractivity contribution < 1.29 is 8.42 Å². The molecule has 1 N–H and O–H groups in total. The predicted molar refractivity (Wildman–Crippen MR) is 114 cm³/mol. The van der Waals surface area contributed by atoms with Crippen LogP contribution < -0.4 is 5.56 Å². The first-order valence-electron chi connectivity index (χ1n) is 9.66. The summed E-state index contributed by atoms with van der Waals surface area (Å²) in [5.74, 6) is 0. The minimum Gasteiger partial charge on any atom is -0.289 e. The third-order valence-corrected chi connectivity index (χ3v) is 7.30. The third-order valence-electron chi connectivity index (χ3n) is 5.44. The number of H-pyrrole nitrogens is 1. The molecule has 1 aliphatic rings. The van der Waals surface area contributed by atoms with Crippen LogP contribution in [0.4, 0.5) is 0 Å². The van der Waals surface area contributed by atoms with Crippen molar-refractivity contribution in [2.45, 2.75) is 17.9 Å². The molecule has 8 nitrogen and oxygen atoms in total. The summed E-state index contributed by atoms with van der Waals surface area (Å²) in [5.41, 5.74) is 3.29. The molecule has 0 fully saturated rings. The number of sulfonamides is 1. The van der Waals surface area contributed by atoms with Gasteiger partial charge in [0, 0.05) is 18.2 Å². The minimum atomic E-state index is -3.77.